The standard InChI is InChI=1S/C29H28N4O2.C17H13N3.C11H17NO.CCl2O/c1-29(2,3)20-9-12-27(35-4)24(17-20)32-28(34)31-23-10-11-26(22-8-6-5-7-21(22)23)33-16-14-19-18-30-15-13-25(19)33;18-15-5-6-17(14-4-2-1-3-13(14)15)20-10-8-12-11-19-9-7-16(12)20;1-11(2,3)8-5-6-10(13-4)9(12)7-8;2-1(3)4/h5-18H,1-4H3,(H2,31,32,34);1-11H,18H2;5-7H,12H2,1-4H3;. The molecule has 0 aliphatic carbocycles. The predicted octanol–water partition coefficient (Wildman–Crippen LogP) is 15.0. The lowest BCUT2D eigenvalue weighted by Crippen LogP contribution is -2.21. The molecular weight excluding hydrogens is 944 g/mol. The Kier molecular flexibility index (Phi) is 16.1. The fraction of sp³-hybridized carbons (Fsp3) is 0.172. The highest BCUT2D eigenvalue weighted by Crippen LogP contribution is 2.35. The number of carbonyl (C=O) groups is 2. The van der Waals surface area contributed by atoms with E-state index in [1.165, 1.54) is 5.56 Å². The summed E-state index contributed by atoms with van der Waals surface area (Å²) < 4.78 is 14.0. The summed E-state index contributed by atoms with van der Waals surface area (Å²) in [6.07, 6.45) is 11.5. The van der Waals surface area contributed by atoms with E-state index in [2.05, 4.69) is 143 Å². The maximum absolute atomic E-state index is 13.1. The number of benzene rings is 6. The zero-order valence-electron chi connectivity index (χ0n) is 41.5. The molecule has 72 heavy (non-hydrogen) atoms. The number of ether oxygens (including phenoxy) is 2. The second-order valence-electron chi connectivity index (χ2n) is 18.8. The minimum Gasteiger partial charge on any atom is -0.495 e. The molecule has 14 heteroatoms. The molecule has 0 bridgehead atoms. The van der Waals surface area contributed by atoms with E-state index in [0.29, 0.717) is 17.1 Å². The largest absolute Gasteiger partial charge is 0.495 e. The first kappa shape index (κ1) is 51.8. The molecule has 0 saturated heterocycles. The lowest BCUT2D eigenvalue weighted by atomic mass is 9.87. The van der Waals surface area contributed by atoms with E-state index in [0.717, 1.165) is 77.4 Å². The van der Waals surface area contributed by atoms with E-state index >= 15 is 0 Å². The van der Waals surface area contributed by atoms with E-state index in [9.17, 15) is 4.79 Å². The van der Waals surface area contributed by atoms with Crippen LogP contribution in [0.3, 0.4) is 0 Å². The fourth-order valence-electron chi connectivity index (χ4n) is 8.25. The highest BCUT2D eigenvalue weighted by molar-refractivity contribution is 6.93. The van der Waals surface area contributed by atoms with E-state index in [4.69, 9.17) is 25.7 Å². The minimum atomic E-state index is -0.889. The second-order valence-corrected chi connectivity index (χ2v) is 19.7. The highest BCUT2D eigenvalue weighted by atomic mass is 35.5. The van der Waals surface area contributed by atoms with Gasteiger partial charge in [0.05, 0.1) is 53.7 Å². The molecule has 10 aromatic rings. The van der Waals surface area contributed by atoms with Crippen LogP contribution in [0.25, 0.3) is 54.7 Å². The average molecular weight is 1000 g/mol. The Morgan fingerprint density at radius 1 is 0.528 bits per heavy atom. The number of fused-ring (bicyclic) bond motifs is 4. The van der Waals surface area contributed by atoms with Gasteiger partial charge in [0.1, 0.15) is 11.5 Å². The lowest BCUT2D eigenvalue weighted by Gasteiger charge is -2.21. The Balaban J connectivity index is 0.000000172. The van der Waals surface area contributed by atoms with Crippen LogP contribution in [-0.4, -0.2) is 44.1 Å². The quantitative estimate of drug-likeness (QED) is 0.0944. The van der Waals surface area contributed by atoms with Gasteiger partial charge in [-0.05, 0) is 118 Å². The number of nitrogens with zero attached hydrogens (tertiary/aromatic N) is 4. The van der Waals surface area contributed by atoms with Crippen molar-refractivity contribution in [2.45, 2.75) is 52.4 Å². The Morgan fingerprint density at radius 3 is 1.50 bits per heavy atom. The molecule has 2 amide bonds. The van der Waals surface area contributed by atoms with E-state index in [1.807, 2.05) is 116 Å². The number of amides is 2. The molecule has 6 aromatic carbocycles. The molecule has 0 radical (unpaired) electrons. The monoisotopic (exact) mass is 1000 g/mol. The van der Waals surface area contributed by atoms with Crippen molar-refractivity contribution in [3.8, 4) is 22.9 Å². The molecular formula is C58H58Cl2N8O4. The van der Waals surface area contributed by atoms with Crippen molar-refractivity contribution < 1.29 is 19.1 Å². The Hall–Kier alpha value is -8.06. The summed E-state index contributed by atoms with van der Waals surface area (Å²) >= 11 is 8.80. The molecule has 0 fully saturated rings. The lowest BCUT2D eigenvalue weighted by molar-refractivity contribution is 0.262. The van der Waals surface area contributed by atoms with Crippen LogP contribution >= 0.6 is 23.2 Å². The third kappa shape index (κ3) is 12.1. The molecule has 0 unspecified atom stereocenters. The third-order valence-corrected chi connectivity index (χ3v) is 12.0. The number of halogens is 2. The first-order valence-electron chi connectivity index (χ1n) is 23.0. The number of rotatable bonds is 6. The first-order chi connectivity index (χ1) is 34.4. The highest BCUT2D eigenvalue weighted by Gasteiger charge is 2.19. The summed E-state index contributed by atoms with van der Waals surface area (Å²) in [5.74, 6) is 1.36. The van der Waals surface area contributed by atoms with E-state index < -0.39 is 4.70 Å². The summed E-state index contributed by atoms with van der Waals surface area (Å²) in [6.45, 7) is 12.9. The number of methoxy groups -OCH3 is 2. The smallest absolute Gasteiger partial charge is 0.323 e. The van der Waals surface area contributed by atoms with Gasteiger partial charge in [-0.1, -0.05) is 102 Å². The van der Waals surface area contributed by atoms with Gasteiger partial charge in [0.2, 0.25) is 0 Å². The summed E-state index contributed by atoms with van der Waals surface area (Å²) in [5, 5.41) is 12.4. The van der Waals surface area contributed by atoms with Gasteiger partial charge in [-0.2, -0.15) is 0 Å². The van der Waals surface area contributed by atoms with E-state index in [-0.39, 0.29) is 16.9 Å². The van der Waals surface area contributed by atoms with Crippen LogP contribution in [0.2, 0.25) is 0 Å². The van der Waals surface area contributed by atoms with Crippen molar-refractivity contribution in [2.24, 2.45) is 0 Å². The topological polar surface area (TPSA) is 164 Å². The molecule has 12 nitrogen and oxygen atoms in total. The molecule has 0 aliphatic heterocycles. The van der Waals surface area contributed by atoms with Gasteiger partial charge in [0.25, 0.3) is 0 Å². The minimum absolute atomic E-state index is 0.0517. The van der Waals surface area contributed by atoms with Crippen LogP contribution in [0.1, 0.15) is 52.7 Å². The fourth-order valence-corrected chi connectivity index (χ4v) is 8.25. The zero-order valence-corrected chi connectivity index (χ0v) is 43.0. The third-order valence-electron chi connectivity index (χ3n) is 12.0. The Morgan fingerprint density at radius 2 is 0.986 bits per heavy atom. The molecule has 0 aliphatic rings. The molecule has 4 heterocycles. The van der Waals surface area contributed by atoms with Crippen LogP contribution in [0, 0.1) is 0 Å². The Labute approximate surface area is 429 Å². The zero-order chi connectivity index (χ0) is 51.7. The van der Waals surface area contributed by atoms with Crippen LogP contribution < -0.4 is 31.6 Å². The van der Waals surface area contributed by atoms with Gasteiger partial charge < -0.3 is 40.7 Å². The summed E-state index contributed by atoms with van der Waals surface area (Å²) in [5.41, 5.74) is 21.6. The number of hydrogen-bond acceptors (Lipinski definition) is 8. The normalized spacial score (nSPS) is 11.1. The number of anilines is 4. The molecule has 368 valence electrons. The molecule has 4 aromatic heterocycles. The van der Waals surface area contributed by atoms with Gasteiger partial charge in [-0.25, -0.2) is 4.79 Å². The van der Waals surface area contributed by atoms with Gasteiger partial charge in [-0.15, -0.1) is 0 Å². The number of urea groups is 1. The summed E-state index contributed by atoms with van der Waals surface area (Å²) in [7, 11) is 3.23. The molecule has 6 N–H and O–H groups in total. The molecule has 10 rings (SSSR count). The van der Waals surface area contributed by atoms with Gasteiger partial charge in [0.15, 0.2) is 0 Å². The van der Waals surface area contributed by atoms with Crippen molar-refractivity contribution in [1.29, 1.82) is 0 Å². The van der Waals surface area contributed by atoms with Crippen LogP contribution in [0.5, 0.6) is 11.5 Å². The average Bonchev–Trinajstić information content (AvgIpc) is 3.99. The van der Waals surface area contributed by atoms with Crippen LogP contribution in [0.15, 0.2) is 171 Å². The number of nitrogens with one attached hydrogen (secondary N) is 2. The first-order valence-corrected chi connectivity index (χ1v) is 23.8. The van der Waals surface area contributed by atoms with Gasteiger partial charge >= 0.3 is 10.7 Å². The second kappa shape index (κ2) is 22.4. The SMILES string of the molecule is COc1ccc(C(C)(C)C)cc1N.COc1ccc(C(C)(C)C)cc1NC(=O)Nc1ccc(-n2ccc3cnccc32)c2ccccc12.Nc1ccc(-n2ccc3cnccc32)c2ccccc12.O=C(Cl)Cl. The van der Waals surface area contributed by atoms with Gasteiger partial charge in [0, 0.05) is 75.2 Å². The number of nitrogens with two attached hydrogens (primary N) is 2. The van der Waals surface area contributed by atoms with Crippen molar-refractivity contribution in [3.63, 3.8) is 0 Å². The number of hydrogen-bond donors (Lipinski definition) is 4. The molecule has 0 saturated carbocycles. The van der Waals surface area contributed by atoms with Crippen LogP contribution in [0.4, 0.5) is 32.3 Å². The molecule has 0 spiro atoms. The number of nitrogen functional groups attached to an aromatic ring is 2. The maximum atomic E-state index is 13.1. The summed E-state index contributed by atoms with van der Waals surface area (Å²) in [4.78, 5) is 30.4. The Bertz CT molecular complexity index is 3530. The van der Waals surface area contributed by atoms with E-state index in [1.54, 1.807) is 20.4 Å². The van der Waals surface area contributed by atoms with Crippen molar-refractivity contribution in [1.82, 2.24) is 19.1 Å². The number of aromatic nitrogens is 4. The number of carbonyl (C=O) groups excluding carboxylic acids is 2. The predicted molar refractivity (Wildman–Crippen MR) is 299 cm³/mol. The maximum Gasteiger partial charge on any atom is 0.323 e. The van der Waals surface area contributed by atoms with Crippen molar-refractivity contribution in [2.75, 3.05) is 36.3 Å². The summed E-state index contributed by atoms with van der Waals surface area (Å²) in [6, 6.07) is 43.9. The number of pyridine rings is 2. The van der Waals surface area contributed by atoms with Crippen molar-refractivity contribution in [3.05, 3.63) is 182 Å². The molecule has 0 atom stereocenters. The van der Waals surface area contributed by atoms with Crippen LogP contribution in [-0.2, 0) is 10.8 Å². The van der Waals surface area contributed by atoms with Crippen molar-refractivity contribution >= 4 is 100 Å². The van der Waals surface area contributed by atoms with Gasteiger partial charge in [-0.3, -0.25) is 14.8 Å².